The van der Waals surface area contributed by atoms with Gasteiger partial charge in [0.1, 0.15) is 10.8 Å². The van der Waals surface area contributed by atoms with Crippen molar-refractivity contribution < 1.29 is 0 Å². The third-order valence-electron chi connectivity index (χ3n) is 4.13. The molecule has 0 amide bonds. The fourth-order valence-corrected chi connectivity index (χ4v) is 3.58. The molecule has 3 heterocycles. The Labute approximate surface area is 167 Å². The topological polar surface area (TPSA) is 81.4 Å². The Kier molecular flexibility index (Phi) is 4.87. The molecular formula is C20H21N7S. The number of rotatable bonds is 5. The predicted molar refractivity (Wildman–Crippen MR) is 112 cm³/mol. The molecule has 7 nitrogen and oxygen atoms in total. The SMILES string of the molecule is Cc1nnc(-c2cnc(-c3cccc(-c4cnn(C)c4)c3)nc2NC(C)C)s1. The molecule has 0 saturated carbocycles. The zero-order valence-electron chi connectivity index (χ0n) is 16.2. The Morgan fingerprint density at radius 3 is 2.57 bits per heavy atom. The van der Waals surface area contributed by atoms with E-state index in [1.807, 2.05) is 44.7 Å². The molecule has 0 atom stereocenters. The maximum atomic E-state index is 4.80. The summed E-state index contributed by atoms with van der Waals surface area (Å²) in [5.41, 5.74) is 3.96. The zero-order valence-corrected chi connectivity index (χ0v) is 17.0. The Balaban J connectivity index is 1.76. The van der Waals surface area contributed by atoms with Crippen LogP contribution in [0.25, 0.3) is 33.1 Å². The lowest BCUT2D eigenvalue weighted by Crippen LogP contribution is -2.13. The van der Waals surface area contributed by atoms with Gasteiger partial charge in [0.2, 0.25) is 0 Å². The van der Waals surface area contributed by atoms with Crippen LogP contribution in [0.1, 0.15) is 18.9 Å². The molecule has 0 aliphatic heterocycles. The van der Waals surface area contributed by atoms with Gasteiger partial charge in [-0.2, -0.15) is 5.10 Å². The van der Waals surface area contributed by atoms with Gasteiger partial charge >= 0.3 is 0 Å². The molecule has 0 radical (unpaired) electrons. The molecule has 4 aromatic rings. The first-order chi connectivity index (χ1) is 13.5. The summed E-state index contributed by atoms with van der Waals surface area (Å²) < 4.78 is 1.79. The molecule has 1 N–H and O–H groups in total. The number of hydrogen-bond acceptors (Lipinski definition) is 7. The van der Waals surface area contributed by atoms with Gasteiger partial charge in [-0.05, 0) is 32.4 Å². The van der Waals surface area contributed by atoms with Gasteiger partial charge in [0.15, 0.2) is 10.8 Å². The van der Waals surface area contributed by atoms with Crippen LogP contribution in [-0.4, -0.2) is 36.0 Å². The summed E-state index contributed by atoms with van der Waals surface area (Å²) in [6.07, 6.45) is 5.67. The lowest BCUT2D eigenvalue weighted by molar-refractivity contribution is 0.768. The average molecular weight is 392 g/mol. The highest BCUT2D eigenvalue weighted by atomic mass is 32.1. The largest absolute Gasteiger partial charge is 0.367 e. The standard InChI is InChI=1S/C20H21N7S/c1-12(2)23-19-17(20-26-25-13(3)28-20)10-21-18(24-19)15-7-5-6-14(8-15)16-9-22-27(4)11-16/h5-12H,1-4H3,(H,21,23,24). The molecule has 0 saturated heterocycles. The third-order valence-corrected chi connectivity index (χ3v) is 5.00. The van der Waals surface area contributed by atoms with Crippen LogP contribution >= 0.6 is 11.3 Å². The monoisotopic (exact) mass is 391 g/mol. The smallest absolute Gasteiger partial charge is 0.161 e. The van der Waals surface area contributed by atoms with Crippen molar-refractivity contribution in [3.05, 3.63) is 47.9 Å². The Morgan fingerprint density at radius 1 is 1.07 bits per heavy atom. The van der Waals surface area contributed by atoms with Gasteiger partial charge in [-0.1, -0.05) is 29.5 Å². The summed E-state index contributed by atoms with van der Waals surface area (Å²) in [5.74, 6) is 1.43. The second-order valence-electron chi connectivity index (χ2n) is 6.86. The van der Waals surface area contributed by atoms with Crippen LogP contribution in [0.2, 0.25) is 0 Å². The fraction of sp³-hybridized carbons (Fsp3) is 0.250. The minimum atomic E-state index is 0.234. The summed E-state index contributed by atoms with van der Waals surface area (Å²) in [5, 5.41) is 17.8. The average Bonchev–Trinajstić information content (AvgIpc) is 3.30. The number of aromatic nitrogens is 6. The van der Waals surface area contributed by atoms with E-state index in [-0.39, 0.29) is 6.04 Å². The van der Waals surface area contributed by atoms with Crippen LogP contribution in [0.4, 0.5) is 5.82 Å². The quantitative estimate of drug-likeness (QED) is 0.549. The van der Waals surface area contributed by atoms with Gasteiger partial charge in [-0.15, -0.1) is 10.2 Å². The predicted octanol–water partition coefficient (Wildman–Crippen LogP) is 4.19. The molecule has 4 rings (SSSR count). The lowest BCUT2D eigenvalue weighted by Gasteiger charge is -2.13. The summed E-state index contributed by atoms with van der Waals surface area (Å²) in [6.45, 7) is 6.11. The number of anilines is 1. The summed E-state index contributed by atoms with van der Waals surface area (Å²) in [4.78, 5) is 9.41. The van der Waals surface area contributed by atoms with Crippen molar-refractivity contribution in [3.8, 4) is 33.1 Å². The van der Waals surface area contributed by atoms with Gasteiger partial charge in [0.25, 0.3) is 0 Å². The van der Waals surface area contributed by atoms with E-state index in [4.69, 9.17) is 4.98 Å². The van der Waals surface area contributed by atoms with Crippen molar-refractivity contribution in [2.24, 2.45) is 7.05 Å². The second-order valence-corrected chi connectivity index (χ2v) is 8.05. The Bertz CT molecular complexity index is 1110. The van der Waals surface area contributed by atoms with Crippen LogP contribution in [0.15, 0.2) is 42.9 Å². The molecule has 0 unspecified atom stereocenters. The Hall–Kier alpha value is -3.13. The molecule has 8 heteroatoms. The van der Waals surface area contributed by atoms with Crippen LogP contribution in [0.3, 0.4) is 0 Å². The van der Waals surface area contributed by atoms with Gasteiger partial charge < -0.3 is 5.32 Å². The number of aryl methyl sites for hydroxylation is 2. The number of nitrogens with one attached hydrogen (secondary N) is 1. The van der Waals surface area contributed by atoms with E-state index in [1.54, 1.807) is 4.68 Å². The van der Waals surface area contributed by atoms with Gasteiger partial charge in [-0.25, -0.2) is 9.97 Å². The highest BCUT2D eigenvalue weighted by Crippen LogP contribution is 2.31. The lowest BCUT2D eigenvalue weighted by atomic mass is 10.1. The molecule has 28 heavy (non-hydrogen) atoms. The van der Waals surface area contributed by atoms with E-state index < -0.39 is 0 Å². The van der Waals surface area contributed by atoms with Crippen molar-refractivity contribution >= 4 is 17.2 Å². The molecule has 0 aliphatic carbocycles. The van der Waals surface area contributed by atoms with Crippen molar-refractivity contribution in [3.63, 3.8) is 0 Å². The van der Waals surface area contributed by atoms with Gasteiger partial charge in [0, 0.05) is 36.6 Å². The highest BCUT2D eigenvalue weighted by molar-refractivity contribution is 7.14. The maximum Gasteiger partial charge on any atom is 0.161 e. The van der Waals surface area contributed by atoms with Crippen molar-refractivity contribution in [2.45, 2.75) is 26.8 Å². The van der Waals surface area contributed by atoms with Gasteiger partial charge in [-0.3, -0.25) is 4.68 Å². The van der Waals surface area contributed by atoms with E-state index in [2.05, 4.69) is 51.6 Å². The van der Waals surface area contributed by atoms with E-state index in [1.165, 1.54) is 11.3 Å². The first-order valence-corrected chi connectivity index (χ1v) is 9.85. The minimum absolute atomic E-state index is 0.234. The summed E-state index contributed by atoms with van der Waals surface area (Å²) in [7, 11) is 1.91. The molecule has 0 spiro atoms. The van der Waals surface area contributed by atoms with Gasteiger partial charge in [0.05, 0.1) is 11.8 Å². The van der Waals surface area contributed by atoms with Crippen LogP contribution < -0.4 is 5.32 Å². The third kappa shape index (κ3) is 3.77. The molecule has 1 aromatic carbocycles. The normalized spacial score (nSPS) is 11.2. The number of nitrogens with zero attached hydrogens (tertiary/aromatic N) is 6. The molecule has 0 bridgehead atoms. The number of hydrogen-bond donors (Lipinski definition) is 1. The molecule has 0 aliphatic rings. The first kappa shape index (κ1) is 18.2. The molecule has 3 aromatic heterocycles. The second kappa shape index (κ2) is 7.47. The highest BCUT2D eigenvalue weighted by Gasteiger charge is 2.15. The van der Waals surface area contributed by atoms with E-state index >= 15 is 0 Å². The summed E-state index contributed by atoms with van der Waals surface area (Å²) in [6, 6.07) is 8.41. The molecule has 142 valence electrons. The summed E-state index contributed by atoms with van der Waals surface area (Å²) >= 11 is 1.53. The van der Waals surface area contributed by atoms with Crippen LogP contribution in [0.5, 0.6) is 0 Å². The van der Waals surface area contributed by atoms with Crippen molar-refractivity contribution in [1.29, 1.82) is 0 Å². The van der Waals surface area contributed by atoms with E-state index in [9.17, 15) is 0 Å². The fourth-order valence-electron chi connectivity index (χ4n) is 2.87. The van der Waals surface area contributed by atoms with Crippen molar-refractivity contribution in [2.75, 3.05) is 5.32 Å². The van der Waals surface area contributed by atoms with E-state index in [0.717, 1.165) is 38.1 Å². The van der Waals surface area contributed by atoms with Crippen LogP contribution in [0, 0.1) is 6.92 Å². The first-order valence-electron chi connectivity index (χ1n) is 9.03. The maximum absolute atomic E-state index is 4.80. The van der Waals surface area contributed by atoms with Crippen molar-refractivity contribution in [1.82, 2.24) is 29.9 Å². The Morgan fingerprint density at radius 2 is 1.89 bits per heavy atom. The van der Waals surface area contributed by atoms with Crippen LogP contribution in [-0.2, 0) is 7.05 Å². The minimum Gasteiger partial charge on any atom is -0.367 e. The van der Waals surface area contributed by atoms with E-state index in [0.29, 0.717) is 5.82 Å². The molecule has 0 fully saturated rings. The molecular weight excluding hydrogens is 370 g/mol. The zero-order chi connectivity index (χ0) is 19.7. The number of benzene rings is 1.